The normalized spacial score (nSPS) is 10.3. The van der Waals surface area contributed by atoms with Gasteiger partial charge in [-0.15, -0.1) is 0 Å². The Kier molecular flexibility index (Phi) is 6.83. The van der Waals surface area contributed by atoms with Crippen molar-refractivity contribution in [3.05, 3.63) is 84.9 Å². The predicted octanol–water partition coefficient (Wildman–Crippen LogP) is 3.82. The van der Waals surface area contributed by atoms with Gasteiger partial charge in [0.1, 0.15) is 0 Å². The summed E-state index contributed by atoms with van der Waals surface area (Å²) in [6.45, 7) is 0. The van der Waals surface area contributed by atoms with E-state index in [1.54, 1.807) is 0 Å². The summed E-state index contributed by atoms with van der Waals surface area (Å²) in [5.41, 5.74) is 2.55. The Morgan fingerprint density at radius 2 is 0.955 bits per heavy atom. The highest BCUT2D eigenvalue weighted by Crippen LogP contribution is 2.19. The molecule has 1 N–H and O–H groups in total. The third kappa shape index (κ3) is 5.11. The minimum absolute atomic E-state index is 0.731. The van der Waals surface area contributed by atoms with Crippen molar-refractivity contribution in [2.45, 2.75) is 0 Å². The third-order valence-electron chi connectivity index (χ3n) is 3.05. The van der Waals surface area contributed by atoms with Gasteiger partial charge in [0.15, 0.2) is 0 Å². The Hall–Kier alpha value is -1.95. The highest BCUT2D eigenvalue weighted by molar-refractivity contribution is 7.55. The second kappa shape index (κ2) is 9.15. The van der Waals surface area contributed by atoms with E-state index in [2.05, 4.69) is 90.2 Å². The van der Waals surface area contributed by atoms with Gasteiger partial charge in [0.05, 0.1) is 0 Å². The Morgan fingerprint density at radius 3 is 1.50 bits per heavy atom. The van der Waals surface area contributed by atoms with Crippen LogP contribution < -0.4 is 15.9 Å². The van der Waals surface area contributed by atoms with Crippen molar-refractivity contribution in [1.82, 2.24) is 5.32 Å². The van der Waals surface area contributed by atoms with Gasteiger partial charge in [-0.1, -0.05) is 93.5 Å². The molecule has 2 heteroatoms. The van der Waals surface area contributed by atoms with Crippen LogP contribution in [0.3, 0.4) is 0 Å². The van der Waals surface area contributed by atoms with E-state index in [9.17, 15) is 0 Å². The maximum Gasteiger partial charge on any atom is -0.0167 e. The van der Waals surface area contributed by atoms with Crippen LogP contribution in [-0.4, -0.2) is 14.1 Å². The number of benzene rings is 3. The van der Waals surface area contributed by atoms with Crippen LogP contribution in [0, 0.1) is 0 Å². The Balaban J connectivity index is 0.000000545. The van der Waals surface area contributed by atoms with Gasteiger partial charge in [0.2, 0.25) is 0 Å². The van der Waals surface area contributed by atoms with Crippen LogP contribution >= 0.6 is 8.58 Å². The topological polar surface area (TPSA) is 12.0 Å². The molecule has 0 spiro atoms. The lowest BCUT2D eigenvalue weighted by atomic mass is 10.1. The number of hydrogen-bond acceptors (Lipinski definition) is 1. The van der Waals surface area contributed by atoms with Crippen molar-refractivity contribution in [2.24, 2.45) is 0 Å². The fraction of sp³-hybridized carbons (Fsp3) is 0.100. The predicted molar refractivity (Wildman–Crippen MR) is 101 cm³/mol. The molecule has 0 aromatic heterocycles. The zero-order chi connectivity index (χ0) is 15.6. The van der Waals surface area contributed by atoms with E-state index in [0.29, 0.717) is 0 Å². The molecule has 0 aliphatic rings. The standard InChI is InChI=1S/C18H15P.C2H7N/c1-3-7-15(8-4-1)16-11-13-18(14-12-16)19-17-9-5-2-6-10-17;1-3-2/h1-14,19H;3H,1-2H3. The first-order chi connectivity index (χ1) is 10.8. The average Bonchev–Trinajstić information content (AvgIpc) is 2.58. The smallest absolute Gasteiger partial charge is 0.0167 e. The molecule has 3 rings (SSSR count). The highest BCUT2D eigenvalue weighted by atomic mass is 31.1. The molecule has 112 valence electrons. The molecule has 1 unspecified atom stereocenters. The van der Waals surface area contributed by atoms with E-state index >= 15 is 0 Å². The molecule has 1 nitrogen and oxygen atoms in total. The van der Waals surface area contributed by atoms with Crippen molar-refractivity contribution in [2.75, 3.05) is 14.1 Å². The molecule has 0 heterocycles. The van der Waals surface area contributed by atoms with Crippen LogP contribution in [-0.2, 0) is 0 Å². The molecular formula is C20H22NP. The molecule has 3 aromatic rings. The van der Waals surface area contributed by atoms with Gasteiger partial charge in [-0.3, -0.25) is 0 Å². The van der Waals surface area contributed by atoms with Gasteiger partial charge in [-0.2, -0.15) is 0 Å². The van der Waals surface area contributed by atoms with Crippen molar-refractivity contribution in [3.63, 3.8) is 0 Å². The van der Waals surface area contributed by atoms with E-state index in [1.807, 2.05) is 14.1 Å². The van der Waals surface area contributed by atoms with Crippen LogP contribution in [0.15, 0.2) is 84.9 Å². The molecule has 0 amide bonds. The monoisotopic (exact) mass is 307 g/mol. The summed E-state index contributed by atoms with van der Waals surface area (Å²) >= 11 is 0. The molecule has 3 aromatic carbocycles. The maximum atomic E-state index is 2.75. The van der Waals surface area contributed by atoms with E-state index < -0.39 is 0 Å². The van der Waals surface area contributed by atoms with E-state index in [-0.39, 0.29) is 0 Å². The van der Waals surface area contributed by atoms with Crippen molar-refractivity contribution >= 4 is 19.2 Å². The quantitative estimate of drug-likeness (QED) is 0.725. The first kappa shape index (κ1) is 16.4. The van der Waals surface area contributed by atoms with Crippen LogP contribution in [0.5, 0.6) is 0 Å². The number of rotatable bonds is 3. The first-order valence-electron chi connectivity index (χ1n) is 7.39. The second-order valence-corrected chi connectivity index (χ2v) is 6.34. The summed E-state index contributed by atoms with van der Waals surface area (Å²) in [6, 6.07) is 30.0. The fourth-order valence-electron chi connectivity index (χ4n) is 2.06. The molecule has 22 heavy (non-hydrogen) atoms. The first-order valence-corrected chi connectivity index (χ1v) is 8.39. The lowest BCUT2D eigenvalue weighted by Crippen LogP contribution is -2.02. The van der Waals surface area contributed by atoms with E-state index in [4.69, 9.17) is 0 Å². The number of hydrogen-bond donors (Lipinski definition) is 1. The highest BCUT2D eigenvalue weighted by Gasteiger charge is 1.98. The van der Waals surface area contributed by atoms with Gasteiger partial charge in [-0.05, 0) is 35.8 Å². The summed E-state index contributed by atoms with van der Waals surface area (Å²) in [5, 5.41) is 5.51. The summed E-state index contributed by atoms with van der Waals surface area (Å²) in [6.07, 6.45) is 0. The summed E-state index contributed by atoms with van der Waals surface area (Å²) in [7, 11) is 4.48. The number of nitrogens with one attached hydrogen (secondary N) is 1. The molecule has 0 aliphatic heterocycles. The van der Waals surface area contributed by atoms with Gasteiger partial charge < -0.3 is 5.32 Å². The van der Waals surface area contributed by atoms with Gasteiger partial charge in [0.25, 0.3) is 0 Å². The van der Waals surface area contributed by atoms with E-state index in [1.165, 1.54) is 21.7 Å². The zero-order valence-electron chi connectivity index (χ0n) is 13.1. The molecular weight excluding hydrogens is 285 g/mol. The SMILES string of the molecule is CNC.c1ccc(Pc2ccc(-c3ccccc3)cc2)cc1. The minimum atomic E-state index is 0.731. The maximum absolute atomic E-state index is 2.75. The van der Waals surface area contributed by atoms with Crippen LogP contribution in [0.4, 0.5) is 0 Å². The van der Waals surface area contributed by atoms with E-state index in [0.717, 1.165) is 8.58 Å². The van der Waals surface area contributed by atoms with Crippen molar-refractivity contribution in [1.29, 1.82) is 0 Å². The van der Waals surface area contributed by atoms with Crippen LogP contribution in [0.2, 0.25) is 0 Å². The van der Waals surface area contributed by atoms with Crippen LogP contribution in [0.1, 0.15) is 0 Å². The van der Waals surface area contributed by atoms with Gasteiger partial charge >= 0.3 is 0 Å². The average molecular weight is 307 g/mol. The Bertz CT molecular complexity index is 648. The molecule has 0 saturated heterocycles. The molecule has 0 saturated carbocycles. The minimum Gasteiger partial charge on any atom is -0.323 e. The van der Waals surface area contributed by atoms with Crippen molar-refractivity contribution in [3.8, 4) is 11.1 Å². The Labute approximate surface area is 135 Å². The third-order valence-corrected chi connectivity index (χ3v) is 4.30. The Morgan fingerprint density at radius 1 is 0.545 bits per heavy atom. The summed E-state index contributed by atoms with van der Waals surface area (Å²) in [5.74, 6) is 0. The van der Waals surface area contributed by atoms with Crippen molar-refractivity contribution < 1.29 is 0 Å². The molecule has 0 aliphatic carbocycles. The largest absolute Gasteiger partial charge is 0.323 e. The summed E-state index contributed by atoms with van der Waals surface area (Å²) in [4.78, 5) is 0. The second-order valence-electron chi connectivity index (χ2n) is 4.93. The lowest BCUT2D eigenvalue weighted by molar-refractivity contribution is 1.02. The van der Waals surface area contributed by atoms with Gasteiger partial charge in [-0.25, -0.2) is 0 Å². The summed E-state index contributed by atoms with van der Waals surface area (Å²) < 4.78 is 0. The lowest BCUT2D eigenvalue weighted by Gasteiger charge is -2.05. The molecule has 0 radical (unpaired) electrons. The fourth-order valence-corrected chi connectivity index (χ4v) is 3.09. The molecule has 0 fully saturated rings. The molecule has 0 bridgehead atoms. The molecule has 1 atom stereocenters. The van der Waals surface area contributed by atoms with Gasteiger partial charge in [0, 0.05) is 0 Å². The van der Waals surface area contributed by atoms with Crippen LogP contribution in [0.25, 0.3) is 11.1 Å². The zero-order valence-corrected chi connectivity index (χ0v) is 14.1.